The normalized spacial score (nSPS) is 13.9. The van der Waals surface area contributed by atoms with E-state index in [1.165, 1.54) is 12.1 Å². The van der Waals surface area contributed by atoms with E-state index in [9.17, 15) is 24.0 Å². The molecule has 0 spiro atoms. The second-order valence-electron chi connectivity index (χ2n) is 7.08. The average Bonchev–Trinajstić information content (AvgIpc) is 2.93. The van der Waals surface area contributed by atoms with E-state index in [0.29, 0.717) is 13.0 Å². The number of nitrogens with zero attached hydrogens (tertiary/aromatic N) is 1. The van der Waals surface area contributed by atoms with E-state index < -0.39 is 42.4 Å². The Morgan fingerprint density at radius 1 is 1.07 bits per heavy atom. The number of carbonyl (C=O) groups is 5. The van der Waals surface area contributed by atoms with Crippen molar-refractivity contribution in [3.05, 3.63) is 35.4 Å². The molecule has 0 saturated heterocycles. The lowest BCUT2D eigenvalue weighted by molar-refractivity contribution is -0.152. The molecular weight excluding hydrogens is 378 g/mol. The van der Waals surface area contributed by atoms with Crippen LogP contribution in [0.4, 0.5) is 4.79 Å². The van der Waals surface area contributed by atoms with Crippen LogP contribution in [0, 0.1) is 5.92 Å². The number of fused-ring (bicyclic) bond motifs is 1. The highest BCUT2D eigenvalue weighted by molar-refractivity contribution is 6.22. The zero-order valence-corrected chi connectivity index (χ0v) is 16.7. The number of imide groups is 2. The number of hydrogen-bond acceptors (Lipinski definition) is 6. The molecule has 156 valence electrons. The molecule has 1 aromatic carbocycles. The molecule has 0 saturated carbocycles. The number of rotatable bonds is 8. The van der Waals surface area contributed by atoms with Crippen molar-refractivity contribution in [1.29, 1.82) is 0 Å². The Morgan fingerprint density at radius 3 is 2.17 bits per heavy atom. The van der Waals surface area contributed by atoms with E-state index in [2.05, 4.69) is 5.32 Å². The molecule has 1 heterocycles. The fraction of sp³-hybridized carbons (Fsp3) is 0.450. The van der Waals surface area contributed by atoms with Crippen LogP contribution in [-0.4, -0.2) is 53.8 Å². The standard InChI is InChI=1S/C20H25N3O6/c1-4-9-21-20(28)22-16(24)11-29-19(27)15(10-12(2)3)23-17(25)13-7-5-6-8-14(13)18(23)26/h5-8,12,15H,4,9-11H2,1-3H3,(H2,21,22,24,28). The van der Waals surface area contributed by atoms with Crippen molar-refractivity contribution < 1.29 is 28.7 Å². The zero-order valence-electron chi connectivity index (χ0n) is 16.7. The van der Waals surface area contributed by atoms with Crippen LogP contribution >= 0.6 is 0 Å². The molecule has 0 bridgehead atoms. The van der Waals surface area contributed by atoms with Gasteiger partial charge >= 0.3 is 12.0 Å². The summed E-state index contributed by atoms with van der Waals surface area (Å²) in [7, 11) is 0. The molecule has 29 heavy (non-hydrogen) atoms. The Labute approximate surface area is 168 Å². The van der Waals surface area contributed by atoms with Crippen LogP contribution in [0.15, 0.2) is 24.3 Å². The van der Waals surface area contributed by atoms with Crippen LogP contribution in [0.1, 0.15) is 54.3 Å². The lowest BCUT2D eigenvalue weighted by Crippen LogP contribution is -2.47. The molecule has 0 aliphatic carbocycles. The first-order valence-electron chi connectivity index (χ1n) is 9.47. The average molecular weight is 403 g/mol. The maximum absolute atomic E-state index is 12.7. The van der Waals surface area contributed by atoms with E-state index in [1.54, 1.807) is 12.1 Å². The molecule has 1 aliphatic heterocycles. The summed E-state index contributed by atoms with van der Waals surface area (Å²) in [5.41, 5.74) is 0.453. The van der Waals surface area contributed by atoms with E-state index in [-0.39, 0.29) is 23.5 Å². The first-order chi connectivity index (χ1) is 13.8. The maximum Gasteiger partial charge on any atom is 0.329 e. The lowest BCUT2D eigenvalue weighted by Gasteiger charge is -2.25. The van der Waals surface area contributed by atoms with Crippen LogP contribution in [-0.2, 0) is 14.3 Å². The summed E-state index contributed by atoms with van der Waals surface area (Å²) in [4.78, 5) is 62.2. The van der Waals surface area contributed by atoms with Gasteiger partial charge in [0.15, 0.2) is 6.61 Å². The van der Waals surface area contributed by atoms with Crippen LogP contribution < -0.4 is 10.6 Å². The number of carbonyl (C=O) groups excluding carboxylic acids is 5. The molecule has 0 radical (unpaired) electrons. The molecule has 1 aliphatic rings. The minimum atomic E-state index is -1.16. The van der Waals surface area contributed by atoms with Crippen LogP contribution in [0.3, 0.4) is 0 Å². The SMILES string of the molecule is CCCNC(=O)NC(=O)COC(=O)C(CC(C)C)N1C(=O)c2ccccc2C1=O. The van der Waals surface area contributed by atoms with Gasteiger partial charge in [-0.1, -0.05) is 32.9 Å². The molecule has 1 atom stereocenters. The summed E-state index contributed by atoms with van der Waals surface area (Å²) in [6.07, 6.45) is 0.886. The minimum absolute atomic E-state index is 0.0227. The summed E-state index contributed by atoms with van der Waals surface area (Å²) in [6, 6.07) is 4.47. The third-order valence-corrected chi connectivity index (χ3v) is 4.24. The number of nitrogens with one attached hydrogen (secondary N) is 2. The van der Waals surface area contributed by atoms with E-state index in [1.807, 2.05) is 26.1 Å². The number of esters is 1. The van der Waals surface area contributed by atoms with Gasteiger partial charge in [-0.2, -0.15) is 0 Å². The Morgan fingerprint density at radius 2 is 1.66 bits per heavy atom. The molecule has 1 unspecified atom stereocenters. The van der Waals surface area contributed by atoms with Crippen molar-refractivity contribution in [3.63, 3.8) is 0 Å². The predicted octanol–water partition coefficient (Wildman–Crippen LogP) is 1.48. The largest absolute Gasteiger partial charge is 0.454 e. The molecule has 9 nitrogen and oxygen atoms in total. The first kappa shape index (κ1) is 22.1. The maximum atomic E-state index is 12.7. The number of hydrogen-bond donors (Lipinski definition) is 2. The molecule has 1 aromatic rings. The fourth-order valence-electron chi connectivity index (χ4n) is 2.92. The van der Waals surface area contributed by atoms with Gasteiger partial charge in [0.1, 0.15) is 6.04 Å². The molecule has 0 aromatic heterocycles. The number of amides is 5. The molecule has 9 heteroatoms. The Balaban J connectivity index is 2.06. The number of urea groups is 1. The third-order valence-electron chi connectivity index (χ3n) is 4.24. The smallest absolute Gasteiger partial charge is 0.329 e. The Kier molecular flexibility index (Phi) is 7.46. The first-order valence-corrected chi connectivity index (χ1v) is 9.47. The highest BCUT2D eigenvalue weighted by Crippen LogP contribution is 2.27. The summed E-state index contributed by atoms with van der Waals surface area (Å²) in [5, 5.41) is 4.49. The van der Waals surface area contributed by atoms with Gasteiger partial charge in [-0.3, -0.25) is 24.6 Å². The highest BCUT2D eigenvalue weighted by Gasteiger charge is 2.43. The van der Waals surface area contributed by atoms with Crippen molar-refractivity contribution in [2.24, 2.45) is 5.92 Å². The van der Waals surface area contributed by atoms with E-state index in [4.69, 9.17) is 4.74 Å². The summed E-state index contributed by atoms with van der Waals surface area (Å²) < 4.78 is 5.00. The van der Waals surface area contributed by atoms with Crippen molar-refractivity contribution in [2.75, 3.05) is 13.2 Å². The molecular formula is C20H25N3O6. The van der Waals surface area contributed by atoms with Crippen molar-refractivity contribution in [1.82, 2.24) is 15.5 Å². The second-order valence-corrected chi connectivity index (χ2v) is 7.08. The number of ether oxygens (including phenoxy) is 1. The Bertz CT molecular complexity index is 785. The van der Waals surface area contributed by atoms with Gasteiger partial charge in [0.25, 0.3) is 17.7 Å². The van der Waals surface area contributed by atoms with Crippen molar-refractivity contribution in [2.45, 2.75) is 39.7 Å². The predicted molar refractivity (Wildman–Crippen MR) is 103 cm³/mol. The van der Waals surface area contributed by atoms with Gasteiger partial charge < -0.3 is 10.1 Å². The third kappa shape index (κ3) is 5.40. The summed E-state index contributed by atoms with van der Waals surface area (Å²) in [5.74, 6) is -2.85. The molecule has 2 N–H and O–H groups in total. The summed E-state index contributed by atoms with van der Waals surface area (Å²) >= 11 is 0. The van der Waals surface area contributed by atoms with Gasteiger partial charge in [-0.25, -0.2) is 9.59 Å². The van der Waals surface area contributed by atoms with E-state index >= 15 is 0 Å². The van der Waals surface area contributed by atoms with Crippen LogP contribution in [0.2, 0.25) is 0 Å². The zero-order chi connectivity index (χ0) is 21.6. The van der Waals surface area contributed by atoms with Crippen molar-refractivity contribution >= 4 is 29.7 Å². The van der Waals surface area contributed by atoms with Crippen molar-refractivity contribution in [3.8, 4) is 0 Å². The lowest BCUT2D eigenvalue weighted by atomic mass is 10.0. The monoisotopic (exact) mass is 403 g/mol. The molecule has 0 fully saturated rings. The highest BCUT2D eigenvalue weighted by atomic mass is 16.5. The van der Waals surface area contributed by atoms with Crippen LogP contribution in [0.25, 0.3) is 0 Å². The molecule has 2 rings (SSSR count). The van der Waals surface area contributed by atoms with Gasteiger partial charge in [0, 0.05) is 6.54 Å². The van der Waals surface area contributed by atoms with E-state index in [0.717, 1.165) is 4.90 Å². The fourth-order valence-corrected chi connectivity index (χ4v) is 2.92. The quantitative estimate of drug-likeness (QED) is 0.501. The topological polar surface area (TPSA) is 122 Å². The summed E-state index contributed by atoms with van der Waals surface area (Å²) in [6.45, 7) is 5.23. The van der Waals surface area contributed by atoms with Gasteiger partial charge in [-0.05, 0) is 30.9 Å². The second kappa shape index (κ2) is 9.81. The minimum Gasteiger partial charge on any atom is -0.454 e. The Hall–Kier alpha value is -3.23. The number of benzene rings is 1. The molecule has 5 amide bonds. The van der Waals surface area contributed by atoms with Crippen LogP contribution in [0.5, 0.6) is 0 Å². The van der Waals surface area contributed by atoms with Gasteiger partial charge in [-0.15, -0.1) is 0 Å². The van der Waals surface area contributed by atoms with Gasteiger partial charge in [0.05, 0.1) is 11.1 Å². The van der Waals surface area contributed by atoms with Gasteiger partial charge in [0.2, 0.25) is 0 Å².